The van der Waals surface area contributed by atoms with E-state index in [0.717, 1.165) is 10.9 Å². The minimum Gasteiger partial charge on any atom is -0.345 e. The van der Waals surface area contributed by atoms with Gasteiger partial charge in [-0.05, 0) is 18.6 Å². The van der Waals surface area contributed by atoms with Crippen LogP contribution in [0.2, 0.25) is 0 Å². The van der Waals surface area contributed by atoms with Crippen molar-refractivity contribution in [1.29, 1.82) is 0 Å². The maximum absolute atomic E-state index is 12.1. The number of benzene rings is 1. The number of hydrogen-bond acceptors (Lipinski definition) is 3. The molecule has 3 rings (SSSR count). The summed E-state index contributed by atoms with van der Waals surface area (Å²) in [4.78, 5) is 29.9. The lowest BCUT2D eigenvalue weighted by molar-refractivity contribution is -0.131. The van der Waals surface area contributed by atoms with Crippen LogP contribution in [0.3, 0.4) is 0 Å². The van der Waals surface area contributed by atoms with Crippen molar-refractivity contribution in [2.24, 2.45) is 0 Å². The van der Waals surface area contributed by atoms with E-state index in [2.05, 4.69) is 10.3 Å². The Morgan fingerprint density at radius 2 is 2.15 bits per heavy atom. The SMILES string of the molecule is CCC1C(=O)NCC(=O)N1c1cnc2ccccc2c1. The second-order valence-electron chi connectivity index (χ2n) is 4.79. The molecule has 2 heterocycles. The Kier molecular flexibility index (Phi) is 3.10. The number of hydrogen-bond donors (Lipinski definition) is 1. The van der Waals surface area contributed by atoms with Crippen LogP contribution in [0.4, 0.5) is 5.69 Å². The second kappa shape index (κ2) is 4.92. The van der Waals surface area contributed by atoms with Gasteiger partial charge < -0.3 is 5.32 Å². The number of para-hydroxylation sites is 1. The molecule has 102 valence electrons. The van der Waals surface area contributed by atoms with Crippen LogP contribution in [0.5, 0.6) is 0 Å². The maximum Gasteiger partial charge on any atom is 0.247 e. The van der Waals surface area contributed by atoms with Gasteiger partial charge in [0.05, 0.1) is 23.9 Å². The first-order valence-electron chi connectivity index (χ1n) is 6.65. The van der Waals surface area contributed by atoms with Gasteiger partial charge in [0, 0.05) is 5.39 Å². The first-order valence-corrected chi connectivity index (χ1v) is 6.65. The molecule has 1 atom stereocenters. The Morgan fingerprint density at radius 1 is 1.35 bits per heavy atom. The summed E-state index contributed by atoms with van der Waals surface area (Å²) in [5.41, 5.74) is 1.55. The lowest BCUT2D eigenvalue weighted by Gasteiger charge is -2.34. The minimum absolute atomic E-state index is 0.0438. The fourth-order valence-electron chi connectivity index (χ4n) is 2.54. The lowest BCUT2D eigenvalue weighted by atomic mass is 10.1. The number of nitrogens with zero attached hydrogens (tertiary/aromatic N) is 2. The number of carbonyl (C=O) groups excluding carboxylic acids is 2. The number of nitrogens with one attached hydrogen (secondary N) is 1. The van der Waals surface area contributed by atoms with Crippen molar-refractivity contribution in [3.63, 3.8) is 0 Å². The summed E-state index contributed by atoms with van der Waals surface area (Å²) in [6, 6.07) is 9.16. The summed E-state index contributed by atoms with van der Waals surface area (Å²) >= 11 is 0. The third-order valence-corrected chi connectivity index (χ3v) is 3.54. The van der Waals surface area contributed by atoms with E-state index in [1.54, 1.807) is 11.1 Å². The van der Waals surface area contributed by atoms with Gasteiger partial charge in [0.1, 0.15) is 6.04 Å². The standard InChI is InChI=1S/C15H15N3O2/c1-2-13-15(20)17-9-14(19)18(13)11-7-10-5-3-4-6-12(10)16-8-11/h3-8,13H,2,9H2,1H3,(H,17,20). The van der Waals surface area contributed by atoms with Gasteiger partial charge in [0.15, 0.2) is 0 Å². The Morgan fingerprint density at radius 3 is 2.95 bits per heavy atom. The number of aromatic nitrogens is 1. The van der Waals surface area contributed by atoms with E-state index in [1.807, 2.05) is 37.3 Å². The highest BCUT2D eigenvalue weighted by molar-refractivity contribution is 6.07. The second-order valence-corrected chi connectivity index (χ2v) is 4.79. The Bertz CT molecular complexity index is 684. The Hall–Kier alpha value is -2.43. The van der Waals surface area contributed by atoms with Crippen molar-refractivity contribution in [3.8, 4) is 0 Å². The molecule has 1 unspecified atom stereocenters. The van der Waals surface area contributed by atoms with Crippen LogP contribution < -0.4 is 10.2 Å². The molecule has 20 heavy (non-hydrogen) atoms. The average Bonchev–Trinajstić information content (AvgIpc) is 2.48. The molecule has 0 bridgehead atoms. The van der Waals surface area contributed by atoms with Gasteiger partial charge >= 0.3 is 0 Å². The van der Waals surface area contributed by atoms with E-state index in [1.165, 1.54) is 0 Å². The van der Waals surface area contributed by atoms with E-state index in [0.29, 0.717) is 12.1 Å². The third-order valence-electron chi connectivity index (χ3n) is 3.54. The fourth-order valence-corrected chi connectivity index (χ4v) is 2.54. The van der Waals surface area contributed by atoms with Gasteiger partial charge in [-0.25, -0.2) is 0 Å². The van der Waals surface area contributed by atoms with Crippen LogP contribution in [0.15, 0.2) is 36.5 Å². The van der Waals surface area contributed by atoms with Crippen molar-refractivity contribution < 1.29 is 9.59 Å². The summed E-state index contributed by atoms with van der Waals surface area (Å²) in [7, 11) is 0. The number of pyridine rings is 1. The van der Waals surface area contributed by atoms with E-state index in [9.17, 15) is 9.59 Å². The zero-order valence-corrected chi connectivity index (χ0v) is 11.2. The molecule has 5 heteroatoms. The minimum atomic E-state index is -0.459. The highest BCUT2D eigenvalue weighted by Gasteiger charge is 2.34. The molecule has 1 aliphatic rings. The first-order chi connectivity index (χ1) is 9.70. The van der Waals surface area contributed by atoms with Gasteiger partial charge in [-0.3, -0.25) is 19.5 Å². The monoisotopic (exact) mass is 269 g/mol. The van der Waals surface area contributed by atoms with Gasteiger partial charge in [0.2, 0.25) is 11.8 Å². The maximum atomic E-state index is 12.1. The lowest BCUT2D eigenvalue weighted by Crippen LogP contribution is -2.58. The van der Waals surface area contributed by atoms with E-state index in [-0.39, 0.29) is 18.4 Å². The van der Waals surface area contributed by atoms with Gasteiger partial charge in [-0.1, -0.05) is 25.1 Å². The quantitative estimate of drug-likeness (QED) is 0.898. The number of fused-ring (bicyclic) bond motifs is 1. The van der Waals surface area contributed by atoms with Crippen LogP contribution in [-0.2, 0) is 9.59 Å². The van der Waals surface area contributed by atoms with Crippen molar-refractivity contribution in [2.45, 2.75) is 19.4 Å². The molecule has 0 spiro atoms. The molecule has 0 saturated carbocycles. The fraction of sp³-hybridized carbons (Fsp3) is 0.267. The van der Waals surface area contributed by atoms with Gasteiger partial charge in [-0.15, -0.1) is 0 Å². The highest BCUT2D eigenvalue weighted by atomic mass is 16.2. The predicted octanol–water partition coefficient (Wildman–Crippen LogP) is 1.48. The molecule has 1 saturated heterocycles. The molecule has 0 aliphatic carbocycles. The first kappa shape index (κ1) is 12.6. The van der Waals surface area contributed by atoms with Crippen LogP contribution in [0.1, 0.15) is 13.3 Å². The van der Waals surface area contributed by atoms with Crippen molar-refractivity contribution in [3.05, 3.63) is 36.5 Å². The van der Waals surface area contributed by atoms with Crippen LogP contribution in [0.25, 0.3) is 10.9 Å². The van der Waals surface area contributed by atoms with Crippen LogP contribution in [0, 0.1) is 0 Å². The van der Waals surface area contributed by atoms with Crippen LogP contribution in [-0.4, -0.2) is 29.4 Å². The number of piperazine rings is 1. The molecule has 2 aromatic rings. The van der Waals surface area contributed by atoms with Crippen molar-refractivity contribution in [2.75, 3.05) is 11.4 Å². The molecule has 1 aromatic carbocycles. The Labute approximate surface area is 116 Å². The summed E-state index contributed by atoms with van der Waals surface area (Å²) in [5, 5.41) is 3.58. The zero-order valence-electron chi connectivity index (χ0n) is 11.2. The predicted molar refractivity (Wildman–Crippen MR) is 76.3 cm³/mol. The summed E-state index contributed by atoms with van der Waals surface area (Å²) in [6.07, 6.45) is 2.23. The molecule has 2 amide bonds. The Balaban J connectivity index is 2.07. The smallest absolute Gasteiger partial charge is 0.247 e. The molecule has 1 aliphatic heterocycles. The van der Waals surface area contributed by atoms with Crippen molar-refractivity contribution in [1.82, 2.24) is 10.3 Å². The van der Waals surface area contributed by atoms with Gasteiger partial charge in [0.25, 0.3) is 0 Å². The van der Waals surface area contributed by atoms with Crippen molar-refractivity contribution >= 4 is 28.4 Å². The average molecular weight is 269 g/mol. The van der Waals surface area contributed by atoms with Crippen LogP contribution >= 0.6 is 0 Å². The summed E-state index contributed by atoms with van der Waals surface area (Å²) in [6.45, 7) is 1.94. The number of amides is 2. The molecular weight excluding hydrogens is 254 g/mol. The molecule has 0 radical (unpaired) electrons. The number of rotatable bonds is 2. The topological polar surface area (TPSA) is 62.3 Å². The van der Waals surface area contributed by atoms with Gasteiger partial charge in [-0.2, -0.15) is 0 Å². The zero-order chi connectivity index (χ0) is 14.1. The third kappa shape index (κ3) is 2.01. The van der Waals surface area contributed by atoms with E-state index < -0.39 is 6.04 Å². The number of carbonyl (C=O) groups is 2. The summed E-state index contributed by atoms with van der Waals surface area (Å²) < 4.78 is 0. The van der Waals surface area contributed by atoms with E-state index >= 15 is 0 Å². The largest absolute Gasteiger partial charge is 0.345 e. The summed E-state index contributed by atoms with van der Waals surface area (Å²) in [5.74, 6) is -0.214. The molecular formula is C15H15N3O2. The number of anilines is 1. The molecule has 1 fully saturated rings. The molecule has 5 nitrogen and oxygen atoms in total. The normalized spacial score (nSPS) is 19.2. The van der Waals surface area contributed by atoms with E-state index in [4.69, 9.17) is 0 Å². The molecule has 1 N–H and O–H groups in total. The molecule has 1 aromatic heterocycles. The highest BCUT2D eigenvalue weighted by Crippen LogP contribution is 2.24.